The molecule has 150 valence electrons. The third kappa shape index (κ3) is 5.37. The standard InChI is InChI=1S/C21H35N5O/c1-17(26(5)18-11-7-6-8-12-18)15-23-20(22-2)24-16-21(13-9-10-14-21)19(27)25(3)4/h6-8,11-12,17H,9-10,13-16H2,1-5H3,(H2,22,23,24). The molecule has 2 rings (SSSR count). The molecule has 2 N–H and O–H groups in total. The Bertz CT molecular complexity index is 623. The van der Waals surface area contributed by atoms with E-state index in [0.717, 1.165) is 38.2 Å². The predicted molar refractivity (Wildman–Crippen MR) is 113 cm³/mol. The highest BCUT2D eigenvalue weighted by atomic mass is 16.2. The molecular formula is C21H35N5O. The summed E-state index contributed by atoms with van der Waals surface area (Å²) in [4.78, 5) is 21.0. The maximum atomic E-state index is 12.7. The average Bonchev–Trinajstić information content (AvgIpc) is 3.17. The maximum Gasteiger partial charge on any atom is 0.230 e. The van der Waals surface area contributed by atoms with E-state index in [-0.39, 0.29) is 11.3 Å². The van der Waals surface area contributed by atoms with Crippen molar-refractivity contribution >= 4 is 17.6 Å². The highest BCUT2D eigenvalue weighted by Crippen LogP contribution is 2.38. The van der Waals surface area contributed by atoms with Crippen LogP contribution in [0.5, 0.6) is 0 Å². The van der Waals surface area contributed by atoms with Crippen LogP contribution in [-0.4, -0.2) is 64.1 Å². The molecule has 1 fully saturated rings. The second-order valence-corrected chi connectivity index (χ2v) is 7.79. The Morgan fingerprint density at radius 3 is 2.33 bits per heavy atom. The van der Waals surface area contributed by atoms with E-state index < -0.39 is 0 Å². The normalized spacial score (nSPS) is 17.3. The van der Waals surface area contributed by atoms with E-state index >= 15 is 0 Å². The summed E-state index contributed by atoms with van der Waals surface area (Å²) >= 11 is 0. The van der Waals surface area contributed by atoms with Gasteiger partial charge in [0, 0.05) is 53.0 Å². The molecular weight excluding hydrogens is 338 g/mol. The molecule has 1 aromatic rings. The number of benzene rings is 1. The van der Waals surface area contributed by atoms with Gasteiger partial charge in [-0.3, -0.25) is 9.79 Å². The first-order chi connectivity index (χ1) is 12.9. The molecule has 0 spiro atoms. The molecule has 6 nitrogen and oxygen atoms in total. The Hall–Kier alpha value is -2.24. The van der Waals surface area contributed by atoms with Gasteiger partial charge < -0.3 is 20.4 Å². The van der Waals surface area contributed by atoms with Crippen LogP contribution in [0, 0.1) is 5.41 Å². The van der Waals surface area contributed by atoms with E-state index in [4.69, 9.17) is 0 Å². The third-order valence-corrected chi connectivity index (χ3v) is 5.63. The minimum Gasteiger partial charge on any atom is -0.370 e. The number of para-hydroxylation sites is 1. The van der Waals surface area contributed by atoms with Crippen molar-refractivity contribution in [2.75, 3.05) is 46.2 Å². The molecule has 1 atom stereocenters. The summed E-state index contributed by atoms with van der Waals surface area (Å²) in [6, 6.07) is 10.7. The topological polar surface area (TPSA) is 60.0 Å². The molecule has 27 heavy (non-hydrogen) atoms. The van der Waals surface area contributed by atoms with Crippen molar-refractivity contribution in [2.45, 2.75) is 38.6 Å². The van der Waals surface area contributed by atoms with Crippen LogP contribution >= 0.6 is 0 Å². The third-order valence-electron chi connectivity index (χ3n) is 5.63. The molecule has 0 aliphatic heterocycles. The summed E-state index contributed by atoms with van der Waals surface area (Å²) in [6.07, 6.45) is 4.13. The molecule has 0 radical (unpaired) electrons. The second-order valence-electron chi connectivity index (χ2n) is 7.79. The zero-order valence-corrected chi connectivity index (χ0v) is 17.5. The Balaban J connectivity index is 1.89. The Morgan fingerprint density at radius 1 is 1.15 bits per heavy atom. The van der Waals surface area contributed by atoms with Gasteiger partial charge in [-0.25, -0.2) is 0 Å². The van der Waals surface area contributed by atoms with Crippen LogP contribution in [0.1, 0.15) is 32.6 Å². The monoisotopic (exact) mass is 373 g/mol. The van der Waals surface area contributed by atoms with Crippen LogP contribution in [0.2, 0.25) is 0 Å². The van der Waals surface area contributed by atoms with E-state index in [1.54, 1.807) is 11.9 Å². The van der Waals surface area contributed by atoms with Crippen molar-refractivity contribution in [2.24, 2.45) is 10.4 Å². The highest BCUT2D eigenvalue weighted by Gasteiger charge is 2.42. The van der Waals surface area contributed by atoms with Gasteiger partial charge in [-0.1, -0.05) is 31.0 Å². The van der Waals surface area contributed by atoms with E-state index in [0.29, 0.717) is 12.6 Å². The quantitative estimate of drug-likeness (QED) is 0.569. The van der Waals surface area contributed by atoms with Gasteiger partial charge in [-0.15, -0.1) is 0 Å². The van der Waals surface area contributed by atoms with Gasteiger partial charge in [0.05, 0.1) is 5.41 Å². The number of hydrogen-bond donors (Lipinski definition) is 2. The molecule has 0 bridgehead atoms. The molecule has 6 heteroatoms. The van der Waals surface area contributed by atoms with Crippen molar-refractivity contribution in [3.05, 3.63) is 30.3 Å². The Labute approximate surface area is 164 Å². The van der Waals surface area contributed by atoms with Gasteiger partial charge in [0.15, 0.2) is 5.96 Å². The number of guanidine groups is 1. The van der Waals surface area contributed by atoms with Gasteiger partial charge in [-0.2, -0.15) is 0 Å². The van der Waals surface area contributed by atoms with Crippen LogP contribution in [0.3, 0.4) is 0 Å². The molecule has 1 aliphatic rings. The predicted octanol–water partition coefficient (Wildman–Crippen LogP) is 2.32. The van der Waals surface area contributed by atoms with Gasteiger partial charge in [0.1, 0.15) is 0 Å². The van der Waals surface area contributed by atoms with E-state index in [9.17, 15) is 4.79 Å². The van der Waals surface area contributed by atoms with Crippen molar-refractivity contribution in [1.82, 2.24) is 15.5 Å². The summed E-state index contributed by atoms with van der Waals surface area (Å²) < 4.78 is 0. The number of hydrogen-bond acceptors (Lipinski definition) is 3. The van der Waals surface area contributed by atoms with Crippen LogP contribution < -0.4 is 15.5 Å². The van der Waals surface area contributed by atoms with Gasteiger partial charge >= 0.3 is 0 Å². The fourth-order valence-electron chi connectivity index (χ4n) is 3.76. The van der Waals surface area contributed by atoms with Crippen LogP contribution in [0.15, 0.2) is 35.3 Å². The van der Waals surface area contributed by atoms with Crippen LogP contribution in [0.25, 0.3) is 0 Å². The van der Waals surface area contributed by atoms with Gasteiger partial charge in [0.25, 0.3) is 0 Å². The van der Waals surface area contributed by atoms with Crippen molar-refractivity contribution < 1.29 is 4.79 Å². The van der Waals surface area contributed by atoms with Crippen molar-refractivity contribution in [3.8, 4) is 0 Å². The second kappa shape index (κ2) is 9.62. The lowest BCUT2D eigenvalue weighted by Gasteiger charge is -2.32. The van der Waals surface area contributed by atoms with E-state index in [1.807, 2.05) is 20.2 Å². The lowest BCUT2D eigenvalue weighted by Crippen LogP contribution is -2.50. The Kier molecular flexibility index (Phi) is 7.51. The van der Waals surface area contributed by atoms with Gasteiger partial charge in [-0.05, 0) is 31.9 Å². The molecule has 0 saturated heterocycles. The van der Waals surface area contributed by atoms with Crippen LogP contribution in [0.4, 0.5) is 5.69 Å². The lowest BCUT2D eigenvalue weighted by molar-refractivity contribution is -0.138. The molecule has 1 amide bonds. The summed E-state index contributed by atoms with van der Waals surface area (Å²) in [5, 5.41) is 6.80. The first kappa shape index (κ1) is 21.1. The molecule has 1 aliphatic carbocycles. The number of nitrogens with zero attached hydrogens (tertiary/aromatic N) is 3. The number of nitrogens with one attached hydrogen (secondary N) is 2. The zero-order chi connectivity index (χ0) is 19.9. The molecule has 1 unspecified atom stereocenters. The number of likely N-dealkylation sites (N-methyl/N-ethyl adjacent to an activating group) is 1. The van der Waals surface area contributed by atoms with Crippen molar-refractivity contribution in [1.29, 1.82) is 0 Å². The molecule has 1 saturated carbocycles. The largest absolute Gasteiger partial charge is 0.370 e. The SMILES string of the molecule is CN=C(NCC(C)N(C)c1ccccc1)NCC1(C(=O)N(C)C)CCCC1. The first-order valence-corrected chi connectivity index (χ1v) is 9.84. The fraction of sp³-hybridized carbons (Fsp3) is 0.619. The number of amides is 1. The number of aliphatic imine (C=N–C) groups is 1. The fourth-order valence-corrected chi connectivity index (χ4v) is 3.76. The summed E-state index contributed by atoms with van der Waals surface area (Å²) in [5.41, 5.74) is 0.893. The minimum absolute atomic E-state index is 0.222. The Morgan fingerprint density at radius 2 is 1.78 bits per heavy atom. The molecule has 1 aromatic carbocycles. The van der Waals surface area contributed by atoms with E-state index in [2.05, 4.69) is 58.8 Å². The zero-order valence-electron chi connectivity index (χ0n) is 17.5. The molecule has 0 aromatic heterocycles. The summed E-state index contributed by atoms with van der Waals surface area (Å²) in [6.45, 7) is 3.58. The number of carbonyl (C=O) groups is 1. The summed E-state index contributed by atoms with van der Waals surface area (Å²) in [5.74, 6) is 0.973. The maximum absolute atomic E-state index is 12.7. The van der Waals surface area contributed by atoms with Crippen LogP contribution in [-0.2, 0) is 4.79 Å². The smallest absolute Gasteiger partial charge is 0.230 e. The lowest BCUT2D eigenvalue weighted by atomic mass is 9.84. The highest BCUT2D eigenvalue weighted by molar-refractivity contribution is 5.85. The summed E-state index contributed by atoms with van der Waals surface area (Å²) in [7, 11) is 7.56. The van der Waals surface area contributed by atoms with E-state index in [1.165, 1.54) is 5.69 Å². The van der Waals surface area contributed by atoms with Crippen molar-refractivity contribution in [3.63, 3.8) is 0 Å². The average molecular weight is 374 g/mol. The first-order valence-electron chi connectivity index (χ1n) is 9.84. The van der Waals surface area contributed by atoms with Gasteiger partial charge in [0.2, 0.25) is 5.91 Å². The molecule has 0 heterocycles. The number of anilines is 1. The number of rotatable bonds is 7. The number of carbonyl (C=O) groups excluding carboxylic acids is 1. The minimum atomic E-state index is -0.298.